The summed E-state index contributed by atoms with van der Waals surface area (Å²) in [6.45, 7) is 17.8. The lowest BCUT2D eigenvalue weighted by atomic mass is 9.34. The van der Waals surface area contributed by atoms with Crippen molar-refractivity contribution in [2.75, 3.05) is 6.61 Å². The maximum atomic E-state index is 12.3. The highest BCUT2D eigenvalue weighted by molar-refractivity contribution is 5.22. The van der Waals surface area contributed by atoms with Gasteiger partial charge in [0.2, 0.25) is 0 Å². The predicted molar refractivity (Wildman–Crippen MR) is 201 cm³/mol. The molecular weight excluding hydrogens is 712 g/mol. The summed E-state index contributed by atoms with van der Waals surface area (Å²) in [6, 6.07) is 0. The van der Waals surface area contributed by atoms with Crippen molar-refractivity contribution in [2.45, 2.75) is 199 Å². The third kappa shape index (κ3) is 7.10. The minimum absolute atomic E-state index is 0.0411. The van der Waals surface area contributed by atoms with E-state index in [2.05, 4.69) is 40.7 Å². The first-order valence-electron chi connectivity index (χ1n) is 20.8. The second-order valence-corrected chi connectivity index (χ2v) is 20.3. The molecule has 9 N–H and O–H groups in total. The molecule has 6 aliphatic rings. The van der Waals surface area contributed by atoms with Crippen LogP contribution in [0.1, 0.15) is 114 Å². The molecule has 4 saturated carbocycles. The molecule has 0 aromatic carbocycles. The van der Waals surface area contributed by atoms with Crippen molar-refractivity contribution in [2.24, 2.45) is 45.3 Å². The fourth-order valence-corrected chi connectivity index (χ4v) is 13.3. The van der Waals surface area contributed by atoms with E-state index in [0.29, 0.717) is 32.1 Å². The van der Waals surface area contributed by atoms with E-state index in [0.717, 1.165) is 19.3 Å². The molecular formula is C42H72O13. The van der Waals surface area contributed by atoms with Crippen LogP contribution in [0.2, 0.25) is 0 Å². The smallest absolute Gasteiger partial charge is 0.187 e. The van der Waals surface area contributed by atoms with Crippen LogP contribution in [-0.4, -0.2) is 138 Å². The second-order valence-electron chi connectivity index (χ2n) is 20.3. The van der Waals surface area contributed by atoms with Crippen LogP contribution in [0.25, 0.3) is 0 Å². The molecule has 13 heteroatoms. The molecule has 0 aromatic rings. The van der Waals surface area contributed by atoms with E-state index >= 15 is 0 Å². The SMILES string of the molecule is CC(C)=CCC[C@](C)(O)[C@@H]1CC[C@@]2(C)[C@H]1[C@@H](O)C[C@H]1[C@]3(C)CC[C@@H](O)C(C)(C)[C@H]3[C@H](O[C@H]3O[C@@H](CO)[C@H](O)[C@@H](O)[C@@H]3O[C@H]3O[C@H](C)[C@@H](O)[C@H](O)[C@@H]3O)C[C@@]12C. The molecule has 2 saturated heterocycles. The lowest BCUT2D eigenvalue weighted by molar-refractivity contribution is -0.382. The highest BCUT2D eigenvalue weighted by Crippen LogP contribution is 2.76. The molecule has 2 aliphatic heterocycles. The number of allylic oxidation sites excluding steroid dienone is 2. The Morgan fingerprint density at radius 3 is 2.13 bits per heavy atom. The largest absolute Gasteiger partial charge is 0.394 e. The first-order valence-corrected chi connectivity index (χ1v) is 20.8. The van der Waals surface area contributed by atoms with Crippen LogP contribution in [0.3, 0.4) is 0 Å². The molecule has 318 valence electrons. The molecule has 13 nitrogen and oxygen atoms in total. The van der Waals surface area contributed by atoms with Gasteiger partial charge in [0, 0.05) is 0 Å². The quantitative estimate of drug-likeness (QED) is 0.121. The Hall–Kier alpha value is -0.780. The summed E-state index contributed by atoms with van der Waals surface area (Å²) < 4.78 is 25.1. The molecule has 0 unspecified atom stereocenters. The minimum Gasteiger partial charge on any atom is -0.394 e. The van der Waals surface area contributed by atoms with Crippen LogP contribution in [-0.2, 0) is 18.9 Å². The summed E-state index contributed by atoms with van der Waals surface area (Å²) in [5.74, 6) is -0.526. The summed E-state index contributed by atoms with van der Waals surface area (Å²) in [5, 5.41) is 100. The Bertz CT molecular complexity index is 1390. The van der Waals surface area contributed by atoms with Gasteiger partial charge in [-0.25, -0.2) is 0 Å². The number of aliphatic hydroxyl groups is 9. The van der Waals surface area contributed by atoms with E-state index in [1.54, 1.807) is 0 Å². The van der Waals surface area contributed by atoms with E-state index in [1.165, 1.54) is 12.5 Å². The Labute approximate surface area is 327 Å². The monoisotopic (exact) mass is 784 g/mol. The van der Waals surface area contributed by atoms with Crippen LogP contribution in [0.4, 0.5) is 0 Å². The van der Waals surface area contributed by atoms with Gasteiger partial charge in [0.05, 0.1) is 36.6 Å². The van der Waals surface area contributed by atoms with Gasteiger partial charge >= 0.3 is 0 Å². The summed E-state index contributed by atoms with van der Waals surface area (Å²) in [7, 11) is 0. The van der Waals surface area contributed by atoms with E-state index < -0.39 is 114 Å². The van der Waals surface area contributed by atoms with Gasteiger partial charge in [0.15, 0.2) is 12.6 Å². The van der Waals surface area contributed by atoms with Gasteiger partial charge < -0.3 is 64.9 Å². The zero-order valence-corrected chi connectivity index (χ0v) is 34.4. The van der Waals surface area contributed by atoms with Gasteiger partial charge in [-0.1, -0.05) is 46.3 Å². The summed E-state index contributed by atoms with van der Waals surface area (Å²) in [6.07, 6.45) is -8.99. The Kier molecular flexibility index (Phi) is 12.2. The van der Waals surface area contributed by atoms with E-state index in [4.69, 9.17) is 18.9 Å². The third-order valence-electron chi connectivity index (χ3n) is 16.5. The van der Waals surface area contributed by atoms with Gasteiger partial charge in [-0.05, 0) is 124 Å². The topological polar surface area (TPSA) is 219 Å². The molecule has 0 spiro atoms. The van der Waals surface area contributed by atoms with Crippen molar-refractivity contribution in [1.29, 1.82) is 0 Å². The van der Waals surface area contributed by atoms with Crippen LogP contribution in [0, 0.1) is 45.3 Å². The zero-order valence-electron chi connectivity index (χ0n) is 34.4. The molecule has 0 radical (unpaired) electrons. The van der Waals surface area contributed by atoms with E-state index in [1.807, 2.05) is 20.8 Å². The third-order valence-corrected chi connectivity index (χ3v) is 16.5. The number of rotatable bonds is 9. The molecule has 4 aliphatic carbocycles. The fourth-order valence-electron chi connectivity index (χ4n) is 13.3. The van der Waals surface area contributed by atoms with Crippen LogP contribution < -0.4 is 0 Å². The average Bonchev–Trinajstić information content (AvgIpc) is 3.49. The fraction of sp³-hybridized carbons (Fsp3) is 0.952. The molecule has 6 fully saturated rings. The van der Waals surface area contributed by atoms with Crippen molar-refractivity contribution in [1.82, 2.24) is 0 Å². The molecule has 21 atom stereocenters. The maximum absolute atomic E-state index is 12.3. The predicted octanol–water partition coefficient (Wildman–Crippen LogP) is 2.15. The van der Waals surface area contributed by atoms with Crippen molar-refractivity contribution in [3.8, 4) is 0 Å². The molecule has 0 bridgehead atoms. The first-order chi connectivity index (χ1) is 25.5. The standard InChI is InChI=1S/C42H72O13/c1-20(2)11-10-14-42(9,51)22-12-16-40(7)28(22)23(44)17-26-39(6)15-13-27(45)38(4,5)35(39)24(18-41(26,40)8)53-37-34(32(49)30(47)25(19-43)54-37)55-36-33(50)31(48)29(46)21(3)52-36/h11,21-37,43-51H,10,12-19H2,1-9H3/t21-,22-,23+,24-,25+,26+,27-,28-,29-,30+,31+,32-,33+,34+,35-,36-,37+,39+,40+,41+,42+/m1/s1. The van der Waals surface area contributed by atoms with Crippen molar-refractivity contribution in [3.63, 3.8) is 0 Å². The van der Waals surface area contributed by atoms with Crippen molar-refractivity contribution < 1.29 is 64.9 Å². The zero-order chi connectivity index (χ0) is 40.8. The molecule has 55 heavy (non-hydrogen) atoms. The summed E-state index contributed by atoms with van der Waals surface area (Å²) >= 11 is 0. The number of fused-ring (bicyclic) bond motifs is 5. The van der Waals surface area contributed by atoms with Gasteiger partial charge in [-0.3, -0.25) is 0 Å². The normalized spacial score (nSPS) is 53.4. The van der Waals surface area contributed by atoms with Crippen LogP contribution in [0.15, 0.2) is 11.6 Å². The van der Waals surface area contributed by atoms with Crippen molar-refractivity contribution in [3.05, 3.63) is 11.6 Å². The van der Waals surface area contributed by atoms with Crippen LogP contribution >= 0.6 is 0 Å². The molecule has 0 amide bonds. The van der Waals surface area contributed by atoms with E-state index in [9.17, 15) is 46.0 Å². The highest BCUT2D eigenvalue weighted by Gasteiger charge is 2.73. The number of aliphatic hydroxyl groups excluding tert-OH is 8. The minimum atomic E-state index is -1.70. The summed E-state index contributed by atoms with van der Waals surface area (Å²) in [4.78, 5) is 0. The van der Waals surface area contributed by atoms with E-state index in [-0.39, 0.29) is 23.7 Å². The molecule has 6 rings (SSSR count). The molecule has 2 heterocycles. The number of hydrogen-bond acceptors (Lipinski definition) is 13. The second kappa shape index (κ2) is 15.4. The summed E-state index contributed by atoms with van der Waals surface area (Å²) in [5.41, 5.74) is -1.71. The lowest BCUT2D eigenvalue weighted by Gasteiger charge is -2.72. The van der Waals surface area contributed by atoms with Crippen LogP contribution in [0.5, 0.6) is 0 Å². The van der Waals surface area contributed by atoms with Gasteiger partial charge in [0.1, 0.15) is 42.7 Å². The van der Waals surface area contributed by atoms with Crippen molar-refractivity contribution >= 4 is 0 Å². The maximum Gasteiger partial charge on any atom is 0.187 e. The Morgan fingerprint density at radius 2 is 1.49 bits per heavy atom. The van der Waals surface area contributed by atoms with Gasteiger partial charge in [0.25, 0.3) is 0 Å². The number of hydrogen-bond donors (Lipinski definition) is 9. The van der Waals surface area contributed by atoms with Gasteiger partial charge in [-0.2, -0.15) is 0 Å². The molecule has 0 aromatic heterocycles. The number of ether oxygens (including phenoxy) is 4. The Balaban J connectivity index is 1.38. The first kappa shape index (κ1) is 43.8. The lowest BCUT2D eigenvalue weighted by Crippen LogP contribution is -2.71. The highest BCUT2D eigenvalue weighted by atomic mass is 16.8. The van der Waals surface area contributed by atoms with Gasteiger partial charge in [-0.15, -0.1) is 0 Å². The Morgan fingerprint density at radius 1 is 0.818 bits per heavy atom. The average molecular weight is 785 g/mol.